The summed E-state index contributed by atoms with van der Waals surface area (Å²) in [4.78, 5) is 31.2. The van der Waals surface area contributed by atoms with Gasteiger partial charge in [0, 0.05) is 24.5 Å². The smallest absolute Gasteiger partial charge is 0.311 e. The molecule has 0 atom stereocenters. The summed E-state index contributed by atoms with van der Waals surface area (Å²) in [6.07, 6.45) is 5.70. The van der Waals surface area contributed by atoms with Gasteiger partial charge in [-0.05, 0) is 31.0 Å². The van der Waals surface area contributed by atoms with Gasteiger partial charge in [-0.25, -0.2) is 4.98 Å². The van der Waals surface area contributed by atoms with E-state index in [9.17, 15) is 9.59 Å². The fraction of sp³-hybridized carbons (Fsp3) is 0.250. The SMILES string of the molecule is O=C(NCC1(C(=O)O)CC1)c1cccc(Oc2cnccn2)c1. The number of amides is 1. The molecule has 1 saturated carbocycles. The van der Waals surface area contributed by atoms with Crippen LogP contribution in [0.1, 0.15) is 23.2 Å². The molecule has 3 rings (SSSR count). The molecule has 0 bridgehead atoms. The maximum absolute atomic E-state index is 12.2. The van der Waals surface area contributed by atoms with Crippen LogP contribution in [0.15, 0.2) is 42.9 Å². The Kier molecular flexibility index (Phi) is 3.92. The Balaban J connectivity index is 1.65. The fourth-order valence-corrected chi connectivity index (χ4v) is 2.13. The molecule has 1 heterocycles. The first-order valence-corrected chi connectivity index (χ1v) is 7.15. The van der Waals surface area contributed by atoms with Crippen molar-refractivity contribution in [2.45, 2.75) is 12.8 Å². The molecule has 7 heteroatoms. The molecule has 0 spiro atoms. The first kappa shape index (κ1) is 15.0. The predicted octanol–water partition coefficient (Wildman–Crippen LogP) is 1.86. The summed E-state index contributed by atoms with van der Waals surface area (Å²) in [7, 11) is 0. The number of benzene rings is 1. The van der Waals surface area contributed by atoms with E-state index < -0.39 is 11.4 Å². The van der Waals surface area contributed by atoms with Crippen molar-refractivity contribution in [3.63, 3.8) is 0 Å². The summed E-state index contributed by atoms with van der Waals surface area (Å²) in [6, 6.07) is 6.60. The number of ether oxygens (including phenoxy) is 1. The zero-order chi connectivity index (χ0) is 16.3. The molecular formula is C16H15N3O4. The maximum Gasteiger partial charge on any atom is 0.311 e. The molecule has 7 nitrogen and oxygen atoms in total. The van der Waals surface area contributed by atoms with E-state index in [-0.39, 0.29) is 12.5 Å². The Labute approximate surface area is 132 Å². The summed E-state index contributed by atoms with van der Waals surface area (Å²) in [5, 5.41) is 11.8. The first-order valence-electron chi connectivity index (χ1n) is 7.15. The van der Waals surface area contributed by atoms with Crippen LogP contribution in [0.5, 0.6) is 11.6 Å². The van der Waals surface area contributed by atoms with Gasteiger partial charge in [0.1, 0.15) is 5.75 Å². The zero-order valence-corrected chi connectivity index (χ0v) is 12.2. The quantitative estimate of drug-likeness (QED) is 0.844. The van der Waals surface area contributed by atoms with E-state index in [0.29, 0.717) is 30.0 Å². The molecular weight excluding hydrogens is 298 g/mol. The summed E-state index contributed by atoms with van der Waals surface area (Å²) in [5.41, 5.74) is -0.392. The first-order chi connectivity index (χ1) is 11.1. The van der Waals surface area contributed by atoms with Crippen molar-refractivity contribution in [1.82, 2.24) is 15.3 Å². The Hall–Kier alpha value is -2.96. The van der Waals surface area contributed by atoms with Gasteiger partial charge in [-0.15, -0.1) is 0 Å². The average molecular weight is 313 g/mol. The van der Waals surface area contributed by atoms with E-state index in [2.05, 4.69) is 15.3 Å². The van der Waals surface area contributed by atoms with Crippen LogP contribution in [0.4, 0.5) is 0 Å². The summed E-state index contributed by atoms with van der Waals surface area (Å²) in [6.45, 7) is 0.135. The summed E-state index contributed by atoms with van der Waals surface area (Å²) in [5.74, 6) is -0.412. The van der Waals surface area contributed by atoms with Gasteiger partial charge in [0.25, 0.3) is 5.91 Å². The van der Waals surface area contributed by atoms with Crippen LogP contribution in [0.3, 0.4) is 0 Å². The van der Waals surface area contributed by atoms with Crippen molar-refractivity contribution in [3.8, 4) is 11.6 Å². The van der Waals surface area contributed by atoms with Gasteiger partial charge in [0.15, 0.2) is 0 Å². The largest absolute Gasteiger partial charge is 0.481 e. The van der Waals surface area contributed by atoms with Gasteiger partial charge in [0.05, 0.1) is 11.6 Å². The number of hydrogen-bond acceptors (Lipinski definition) is 5. The number of carboxylic acids is 1. The number of carbonyl (C=O) groups is 2. The summed E-state index contributed by atoms with van der Waals surface area (Å²) >= 11 is 0. The van der Waals surface area contributed by atoms with Crippen LogP contribution in [0, 0.1) is 5.41 Å². The Morgan fingerprint density at radius 3 is 2.78 bits per heavy atom. The number of aromatic nitrogens is 2. The Morgan fingerprint density at radius 2 is 2.13 bits per heavy atom. The second kappa shape index (κ2) is 6.04. The van der Waals surface area contributed by atoms with E-state index in [0.717, 1.165) is 0 Å². The molecule has 23 heavy (non-hydrogen) atoms. The van der Waals surface area contributed by atoms with Gasteiger partial charge < -0.3 is 15.2 Å². The van der Waals surface area contributed by atoms with Crippen molar-refractivity contribution in [1.29, 1.82) is 0 Å². The van der Waals surface area contributed by atoms with E-state index in [1.54, 1.807) is 24.3 Å². The fourth-order valence-electron chi connectivity index (χ4n) is 2.13. The number of carboxylic acid groups (broad SMARTS) is 1. The highest BCUT2D eigenvalue weighted by molar-refractivity contribution is 5.95. The number of hydrogen-bond donors (Lipinski definition) is 2. The van der Waals surface area contributed by atoms with Gasteiger partial charge >= 0.3 is 5.97 Å². The van der Waals surface area contributed by atoms with Crippen LogP contribution in [-0.4, -0.2) is 33.5 Å². The molecule has 0 unspecified atom stereocenters. The van der Waals surface area contributed by atoms with Crippen LogP contribution < -0.4 is 10.1 Å². The number of carbonyl (C=O) groups excluding carboxylic acids is 1. The molecule has 0 radical (unpaired) electrons. The third-order valence-corrected chi connectivity index (χ3v) is 3.75. The minimum atomic E-state index is -0.863. The number of nitrogens with one attached hydrogen (secondary N) is 1. The van der Waals surface area contributed by atoms with Crippen LogP contribution in [0.2, 0.25) is 0 Å². The molecule has 1 aliphatic carbocycles. The second-order valence-electron chi connectivity index (χ2n) is 5.44. The second-order valence-corrected chi connectivity index (χ2v) is 5.44. The summed E-state index contributed by atoms with van der Waals surface area (Å²) < 4.78 is 5.52. The van der Waals surface area contributed by atoms with E-state index in [1.165, 1.54) is 18.6 Å². The maximum atomic E-state index is 12.2. The van der Waals surface area contributed by atoms with Crippen molar-refractivity contribution in [2.24, 2.45) is 5.41 Å². The normalized spacial score (nSPS) is 14.8. The minimum absolute atomic E-state index is 0.135. The highest BCUT2D eigenvalue weighted by atomic mass is 16.5. The lowest BCUT2D eigenvalue weighted by Crippen LogP contribution is -2.34. The van der Waals surface area contributed by atoms with Gasteiger partial charge in [-0.1, -0.05) is 6.07 Å². The molecule has 0 saturated heterocycles. The van der Waals surface area contributed by atoms with E-state index in [1.807, 2.05) is 0 Å². The molecule has 118 valence electrons. The van der Waals surface area contributed by atoms with E-state index in [4.69, 9.17) is 9.84 Å². The molecule has 1 aromatic carbocycles. The predicted molar refractivity (Wildman–Crippen MR) is 80.2 cm³/mol. The zero-order valence-electron chi connectivity index (χ0n) is 12.2. The van der Waals surface area contributed by atoms with Gasteiger partial charge in [-0.3, -0.25) is 14.6 Å². The lowest BCUT2D eigenvalue weighted by atomic mass is 10.1. The van der Waals surface area contributed by atoms with Crippen molar-refractivity contribution in [2.75, 3.05) is 6.54 Å². The van der Waals surface area contributed by atoms with Crippen molar-refractivity contribution in [3.05, 3.63) is 48.4 Å². The van der Waals surface area contributed by atoms with Crippen molar-refractivity contribution < 1.29 is 19.4 Å². The number of aliphatic carboxylic acids is 1. The van der Waals surface area contributed by atoms with E-state index >= 15 is 0 Å². The minimum Gasteiger partial charge on any atom is -0.481 e. The Bertz CT molecular complexity index is 729. The van der Waals surface area contributed by atoms with Crippen molar-refractivity contribution >= 4 is 11.9 Å². The molecule has 1 fully saturated rings. The van der Waals surface area contributed by atoms with Crippen LogP contribution in [-0.2, 0) is 4.79 Å². The monoisotopic (exact) mass is 313 g/mol. The number of rotatable bonds is 6. The van der Waals surface area contributed by atoms with Gasteiger partial charge in [-0.2, -0.15) is 0 Å². The molecule has 0 aliphatic heterocycles. The molecule has 1 aliphatic rings. The Morgan fingerprint density at radius 1 is 1.30 bits per heavy atom. The molecule has 1 aromatic heterocycles. The third kappa shape index (κ3) is 3.45. The lowest BCUT2D eigenvalue weighted by Gasteiger charge is -2.11. The molecule has 2 aromatic rings. The van der Waals surface area contributed by atoms with Gasteiger partial charge in [0.2, 0.25) is 5.88 Å². The lowest BCUT2D eigenvalue weighted by molar-refractivity contribution is -0.143. The topological polar surface area (TPSA) is 101 Å². The van der Waals surface area contributed by atoms with Crippen LogP contribution >= 0.6 is 0 Å². The third-order valence-electron chi connectivity index (χ3n) is 3.75. The number of nitrogens with zero attached hydrogens (tertiary/aromatic N) is 2. The van der Waals surface area contributed by atoms with Crippen LogP contribution in [0.25, 0.3) is 0 Å². The highest BCUT2D eigenvalue weighted by Gasteiger charge is 2.50. The standard InChI is InChI=1S/C16H15N3O4/c20-14(19-10-16(4-5-16)15(21)22)11-2-1-3-12(8-11)23-13-9-17-6-7-18-13/h1-3,6-9H,4-5,10H2,(H,19,20)(H,21,22). The average Bonchev–Trinajstić information content (AvgIpc) is 3.35. The highest BCUT2D eigenvalue weighted by Crippen LogP contribution is 2.45. The molecule has 2 N–H and O–H groups in total. The molecule has 1 amide bonds.